The molecule has 0 amide bonds. The van der Waals surface area contributed by atoms with Gasteiger partial charge in [0.05, 0.1) is 11.3 Å². The van der Waals surface area contributed by atoms with Gasteiger partial charge in [0.25, 0.3) is 0 Å². The molecular weight excluding hydrogens is 365 g/mol. The molecule has 1 heterocycles. The number of aryl methyl sites for hydroxylation is 1. The fourth-order valence-corrected chi connectivity index (χ4v) is 2.74. The van der Waals surface area contributed by atoms with Crippen LogP contribution in [-0.2, 0) is 6.18 Å². The van der Waals surface area contributed by atoms with Gasteiger partial charge in [0.2, 0.25) is 5.95 Å². The van der Waals surface area contributed by atoms with Crippen LogP contribution in [0.1, 0.15) is 25.0 Å². The maximum absolute atomic E-state index is 13.2. The molecule has 4 nitrogen and oxygen atoms in total. The lowest BCUT2D eigenvalue weighted by molar-refractivity contribution is -0.138. The number of nitrogens with one attached hydrogen (secondary N) is 2. The maximum atomic E-state index is 13.2. The lowest BCUT2D eigenvalue weighted by Gasteiger charge is -2.15. The Morgan fingerprint density at radius 1 is 0.929 bits per heavy atom. The van der Waals surface area contributed by atoms with E-state index in [0.717, 1.165) is 11.6 Å². The number of alkyl halides is 3. The Bertz CT molecular complexity index is 954. The van der Waals surface area contributed by atoms with Crippen molar-refractivity contribution in [1.29, 1.82) is 0 Å². The zero-order valence-corrected chi connectivity index (χ0v) is 15.8. The fourth-order valence-electron chi connectivity index (χ4n) is 2.74. The van der Waals surface area contributed by atoms with Crippen LogP contribution in [0.2, 0.25) is 0 Å². The van der Waals surface area contributed by atoms with E-state index in [1.807, 2.05) is 44.2 Å². The number of hydrogen-bond donors (Lipinski definition) is 2. The number of halogens is 3. The van der Waals surface area contributed by atoms with Crippen LogP contribution >= 0.6 is 0 Å². The highest BCUT2D eigenvalue weighted by molar-refractivity contribution is 5.68. The molecule has 0 saturated heterocycles. The standard InChI is InChI=1S/C21H21F3N4/c1-13(2)25-20-27-18(15-7-5-4-6-8-15)12-19(28-20)26-16-10-9-14(3)17(11-16)21(22,23)24/h4-13H,1-3H3,(H2,25,26,27,28). The van der Waals surface area contributed by atoms with Crippen molar-refractivity contribution in [3.8, 4) is 11.3 Å². The highest BCUT2D eigenvalue weighted by atomic mass is 19.4. The molecule has 0 atom stereocenters. The highest BCUT2D eigenvalue weighted by Crippen LogP contribution is 2.34. The topological polar surface area (TPSA) is 49.8 Å². The molecule has 2 aromatic carbocycles. The molecule has 3 rings (SSSR count). The minimum absolute atomic E-state index is 0.107. The van der Waals surface area contributed by atoms with E-state index in [2.05, 4.69) is 20.6 Å². The molecule has 3 aromatic rings. The number of aromatic nitrogens is 2. The normalized spacial score (nSPS) is 11.5. The van der Waals surface area contributed by atoms with Crippen LogP contribution in [0, 0.1) is 6.92 Å². The summed E-state index contributed by atoms with van der Waals surface area (Å²) in [6.45, 7) is 5.36. The lowest BCUT2D eigenvalue weighted by atomic mass is 10.1. The van der Waals surface area contributed by atoms with Gasteiger partial charge in [-0.05, 0) is 38.5 Å². The Labute approximate surface area is 161 Å². The van der Waals surface area contributed by atoms with E-state index in [0.29, 0.717) is 23.1 Å². The van der Waals surface area contributed by atoms with Crippen LogP contribution in [-0.4, -0.2) is 16.0 Å². The first-order valence-electron chi connectivity index (χ1n) is 8.88. The molecule has 0 spiro atoms. The van der Waals surface area contributed by atoms with E-state index in [1.54, 1.807) is 12.1 Å². The lowest BCUT2D eigenvalue weighted by Crippen LogP contribution is -2.13. The van der Waals surface area contributed by atoms with Gasteiger partial charge in [-0.1, -0.05) is 36.4 Å². The summed E-state index contributed by atoms with van der Waals surface area (Å²) in [6, 6.07) is 15.5. The van der Waals surface area contributed by atoms with Crippen LogP contribution in [0.15, 0.2) is 54.6 Å². The SMILES string of the molecule is Cc1ccc(Nc2cc(-c3ccccc3)nc(NC(C)C)n2)cc1C(F)(F)F. The predicted molar refractivity (Wildman–Crippen MR) is 106 cm³/mol. The van der Waals surface area contributed by atoms with Crippen molar-refractivity contribution < 1.29 is 13.2 Å². The molecule has 0 bridgehead atoms. The van der Waals surface area contributed by atoms with Gasteiger partial charge in [-0.25, -0.2) is 4.98 Å². The fraction of sp³-hybridized carbons (Fsp3) is 0.238. The molecular formula is C21H21F3N4. The second kappa shape index (κ2) is 7.88. The van der Waals surface area contributed by atoms with Crippen LogP contribution < -0.4 is 10.6 Å². The molecule has 0 aliphatic rings. The van der Waals surface area contributed by atoms with Gasteiger partial charge < -0.3 is 10.6 Å². The quantitative estimate of drug-likeness (QED) is 0.562. The third kappa shape index (κ3) is 4.79. The number of hydrogen-bond acceptors (Lipinski definition) is 4. The van der Waals surface area contributed by atoms with Crippen molar-refractivity contribution in [2.24, 2.45) is 0 Å². The van der Waals surface area contributed by atoms with Crippen molar-refractivity contribution in [3.63, 3.8) is 0 Å². The first-order chi connectivity index (χ1) is 13.2. The molecule has 146 valence electrons. The second-order valence-electron chi connectivity index (χ2n) is 6.78. The molecule has 2 N–H and O–H groups in total. The van der Waals surface area contributed by atoms with Crippen molar-refractivity contribution in [3.05, 3.63) is 65.7 Å². The summed E-state index contributed by atoms with van der Waals surface area (Å²) in [5.74, 6) is 0.816. The largest absolute Gasteiger partial charge is 0.416 e. The van der Waals surface area contributed by atoms with Crippen molar-refractivity contribution in [1.82, 2.24) is 9.97 Å². The maximum Gasteiger partial charge on any atom is 0.416 e. The Morgan fingerprint density at radius 2 is 1.64 bits per heavy atom. The molecule has 0 saturated carbocycles. The molecule has 1 aromatic heterocycles. The van der Waals surface area contributed by atoms with Crippen LogP contribution in [0.4, 0.5) is 30.6 Å². The van der Waals surface area contributed by atoms with Gasteiger partial charge in [-0.15, -0.1) is 0 Å². The number of rotatable bonds is 5. The second-order valence-corrected chi connectivity index (χ2v) is 6.78. The minimum Gasteiger partial charge on any atom is -0.352 e. The summed E-state index contributed by atoms with van der Waals surface area (Å²) in [5.41, 5.74) is 1.37. The average Bonchev–Trinajstić information content (AvgIpc) is 2.62. The summed E-state index contributed by atoms with van der Waals surface area (Å²) < 4.78 is 39.6. The number of benzene rings is 2. The first-order valence-corrected chi connectivity index (χ1v) is 8.88. The third-order valence-electron chi connectivity index (χ3n) is 4.03. The third-order valence-corrected chi connectivity index (χ3v) is 4.03. The van der Waals surface area contributed by atoms with Crippen molar-refractivity contribution in [2.45, 2.75) is 33.0 Å². The smallest absolute Gasteiger partial charge is 0.352 e. The van der Waals surface area contributed by atoms with Crippen LogP contribution in [0.25, 0.3) is 11.3 Å². The van der Waals surface area contributed by atoms with E-state index in [9.17, 15) is 13.2 Å². The molecule has 0 radical (unpaired) electrons. The Morgan fingerprint density at radius 3 is 2.29 bits per heavy atom. The summed E-state index contributed by atoms with van der Waals surface area (Å²) in [5, 5.41) is 6.12. The van der Waals surface area contributed by atoms with Crippen LogP contribution in [0.3, 0.4) is 0 Å². The highest BCUT2D eigenvalue weighted by Gasteiger charge is 2.32. The molecule has 28 heavy (non-hydrogen) atoms. The van der Waals surface area contributed by atoms with Crippen molar-refractivity contribution in [2.75, 3.05) is 10.6 Å². The van der Waals surface area contributed by atoms with Gasteiger partial charge in [-0.2, -0.15) is 18.2 Å². The number of nitrogens with zero attached hydrogens (tertiary/aromatic N) is 2. The Kier molecular flexibility index (Phi) is 5.53. The van der Waals surface area contributed by atoms with Gasteiger partial charge in [-0.3, -0.25) is 0 Å². The van der Waals surface area contributed by atoms with E-state index in [-0.39, 0.29) is 11.6 Å². The molecule has 0 unspecified atom stereocenters. The van der Waals surface area contributed by atoms with E-state index < -0.39 is 11.7 Å². The minimum atomic E-state index is -4.41. The van der Waals surface area contributed by atoms with Gasteiger partial charge in [0.15, 0.2) is 0 Å². The average molecular weight is 386 g/mol. The number of anilines is 3. The van der Waals surface area contributed by atoms with Crippen molar-refractivity contribution >= 4 is 17.5 Å². The van der Waals surface area contributed by atoms with Crippen LogP contribution in [0.5, 0.6) is 0 Å². The van der Waals surface area contributed by atoms with Gasteiger partial charge in [0.1, 0.15) is 5.82 Å². The Hall–Kier alpha value is -3.09. The van der Waals surface area contributed by atoms with E-state index >= 15 is 0 Å². The van der Waals surface area contributed by atoms with Gasteiger partial charge >= 0.3 is 6.18 Å². The Balaban J connectivity index is 1.99. The van der Waals surface area contributed by atoms with E-state index in [4.69, 9.17) is 0 Å². The molecule has 0 aliphatic carbocycles. The van der Waals surface area contributed by atoms with E-state index in [1.165, 1.54) is 13.0 Å². The predicted octanol–water partition coefficient (Wildman–Crippen LogP) is 6.03. The zero-order valence-electron chi connectivity index (χ0n) is 15.8. The summed E-state index contributed by atoms with van der Waals surface area (Å²) >= 11 is 0. The van der Waals surface area contributed by atoms with Gasteiger partial charge in [0, 0.05) is 23.4 Å². The zero-order chi connectivity index (χ0) is 20.3. The summed E-state index contributed by atoms with van der Waals surface area (Å²) in [6.07, 6.45) is -4.41. The summed E-state index contributed by atoms with van der Waals surface area (Å²) in [4.78, 5) is 8.91. The molecule has 7 heteroatoms. The molecule has 0 fully saturated rings. The molecule has 0 aliphatic heterocycles. The first kappa shape index (κ1) is 19.7. The monoisotopic (exact) mass is 386 g/mol. The summed E-state index contributed by atoms with van der Waals surface area (Å²) in [7, 11) is 0.